The van der Waals surface area contributed by atoms with Crippen molar-refractivity contribution in [3.05, 3.63) is 23.7 Å². The topological polar surface area (TPSA) is 59.5 Å². The van der Waals surface area contributed by atoms with Gasteiger partial charge in [0.05, 0.1) is 6.04 Å². The number of nitrogens with two attached hydrogens (primary N) is 1. The van der Waals surface area contributed by atoms with Crippen molar-refractivity contribution in [2.24, 2.45) is 5.73 Å². The lowest BCUT2D eigenvalue weighted by Crippen LogP contribution is -2.42. The van der Waals surface area contributed by atoms with Crippen LogP contribution in [-0.2, 0) is 0 Å². The zero-order valence-corrected chi connectivity index (χ0v) is 11.3. The third-order valence-corrected chi connectivity index (χ3v) is 2.95. The van der Waals surface area contributed by atoms with Crippen LogP contribution < -0.4 is 5.73 Å². The molecule has 0 bridgehead atoms. The van der Waals surface area contributed by atoms with Crippen LogP contribution in [0.5, 0.6) is 0 Å². The normalized spacial score (nSPS) is 14.0. The number of amides is 1. The number of carbonyl (C=O) groups is 1. The predicted octanol–water partition coefficient (Wildman–Crippen LogP) is 2.56. The van der Waals surface area contributed by atoms with Crippen LogP contribution >= 0.6 is 0 Å². The number of carbonyl (C=O) groups excluding carboxylic acids is 1. The van der Waals surface area contributed by atoms with E-state index < -0.39 is 5.91 Å². The summed E-state index contributed by atoms with van der Waals surface area (Å²) in [5.74, 6) is 0.467. The summed E-state index contributed by atoms with van der Waals surface area (Å²) in [6, 6.07) is 3.57. The second-order valence-electron chi connectivity index (χ2n) is 5.20. The fraction of sp³-hybridized carbons (Fsp3) is 0.615. The molecule has 0 aliphatic carbocycles. The lowest BCUT2D eigenvalue weighted by Gasteiger charge is -2.38. The summed E-state index contributed by atoms with van der Waals surface area (Å²) >= 11 is 0. The summed E-state index contributed by atoms with van der Waals surface area (Å²) in [5, 5.41) is 0. The summed E-state index contributed by atoms with van der Waals surface area (Å²) in [7, 11) is 0. The molecule has 4 heteroatoms. The first kappa shape index (κ1) is 13.8. The van der Waals surface area contributed by atoms with Crippen molar-refractivity contribution < 1.29 is 9.21 Å². The smallest absolute Gasteiger partial charge is 0.284 e. The van der Waals surface area contributed by atoms with Gasteiger partial charge in [0.1, 0.15) is 5.76 Å². The van der Waals surface area contributed by atoms with Gasteiger partial charge in [-0.2, -0.15) is 0 Å². The van der Waals surface area contributed by atoms with E-state index in [2.05, 4.69) is 39.5 Å². The summed E-state index contributed by atoms with van der Waals surface area (Å²) in [5.41, 5.74) is 5.22. The molecule has 0 spiro atoms. The van der Waals surface area contributed by atoms with Crippen molar-refractivity contribution in [3.8, 4) is 0 Å². The van der Waals surface area contributed by atoms with Gasteiger partial charge in [0, 0.05) is 5.54 Å². The molecular weight excluding hydrogens is 216 g/mol. The van der Waals surface area contributed by atoms with E-state index in [9.17, 15) is 4.79 Å². The van der Waals surface area contributed by atoms with Crippen LogP contribution in [0.2, 0.25) is 0 Å². The number of primary amides is 1. The molecule has 4 nitrogen and oxygen atoms in total. The summed E-state index contributed by atoms with van der Waals surface area (Å²) in [6.45, 7) is 11.6. The Morgan fingerprint density at radius 3 is 2.41 bits per heavy atom. The highest BCUT2D eigenvalue weighted by Crippen LogP contribution is 2.28. The van der Waals surface area contributed by atoms with Crippen LogP contribution in [0.3, 0.4) is 0 Å². The van der Waals surface area contributed by atoms with Gasteiger partial charge < -0.3 is 10.2 Å². The zero-order valence-electron chi connectivity index (χ0n) is 11.3. The Kier molecular flexibility index (Phi) is 3.98. The first-order chi connectivity index (χ1) is 7.77. The lowest BCUT2D eigenvalue weighted by molar-refractivity contribution is 0.0826. The molecular formula is C13H22N2O2. The molecule has 2 N–H and O–H groups in total. The monoisotopic (exact) mass is 238 g/mol. The van der Waals surface area contributed by atoms with E-state index in [0.717, 1.165) is 12.3 Å². The number of hydrogen-bond acceptors (Lipinski definition) is 3. The molecule has 1 aromatic rings. The highest BCUT2D eigenvalue weighted by molar-refractivity contribution is 5.89. The van der Waals surface area contributed by atoms with E-state index in [0.29, 0.717) is 0 Å². The second-order valence-corrected chi connectivity index (χ2v) is 5.20. The van der Waals surface area contributed by atoms with Crippen molar-refractivity contribution in [3.63, 3.8) is 0 Å². The Morgan fingerprint density at radius 1 is 1.47 bits per heavy atom. The van der Waals surface area contributed by atoms with Gasteiger partial charge in [-0.1, -0.05) is 6.92 Å². The SMILES string of the molecule is CCN(C(C)c1ccc(C(N)=O)o1)C(C)(C)C. The van der Waals surface area contributed by atoms with Crippen LogP contribution in [0.15, 0.2) is 16.5 Å². The standard InChI is InChI=1S/C13H22N2O2/c1-6-15(13(3,4)5)9(2)10-7-8-11(17-10)12(14)16/h7-9H,6H2,1-5H3,(H2,14,16). The van der Waals surface area contributed by atoms with Crippen molar-refractivity contribution in [1.29, 1.82) is 0 Å². The summed E-state index contributed by atoms with van der Waals surface area (Å²) < 4.78 is 5.47. The van der Waals surface area contributed by atoms with Crippen LogP contribution in [0.25, 0.3) is 0 Å². The Labute approximate surface area is 103 Å². The Morgan fingerprint density at radius 2 is 2.06 bits per heavy atom. The van der Waals surface area contributed by atoms with Crippen LogP contribution in [0.4, 0.5) is 0 Å². The van der Waals surface area contributed by atoms with Gasteiger partial charge in [-0.05, 0) is 46.4 Å². The molecule has 1 heterocycles. The third-order valence-electron chi connectivity index (χ3n) is 2.95. The fourth-order valence-corrected chi connectivity index (χ4v) is 2.19. The van der Waals surface area contributed by atoms with E-state index in [1.807, 2.05) is 6.07 Å². The van der Waals surface area contributed by atoms with Gasteiger partial charge >= 0.3 is 0 Å². The third kappa shape index (κ3) is 3.09. The van der Waals surface area contributed by atoms with Gasteiger partial charge in [-0.25, -0.2) is 0 Å². The maximum Gasteiger partial charge on any atom is 0.284 e. The van der Waals surface area contributed by atoms with Gasteiger partial charge in [0.25, 0.3) is 5.91 Å². The molecule has 1 unspecified atom stereocenters. The van der Waals surface area contributed by atoms with E-state index >= 15 is 0 Å². The maximum absolute atomic E-state index is 11.0. The van der Waals surface area contributed by atoms with Crippen LogP contribution in [-0.4, -0.2) is 22.9 Å². The molecule has 0 aliphatic heterocycles. The first-order valence-electron chi connectivity index (χ1n) is 5.93. The minimum atomic E-state index is -0.526. The first-order valence-corrected chi connectivity index (χ1v) is 5.93. The van der Waals surface area contributed by atoms with Crippen molar-refractivity contribution in [1.82, 2.24) is 4.90 Å². The van der Waals surface area contributed by atoms with Gasteiger partial charge in [-0.3, -0.25) is 9.69 Å². The largest absolute Gasteiger partial charge is 0.454 e. The van der Waals surface area contributed by atoms with E-state index in [1.165, 1.54) is 0 Å². The van der Waals surface area contributed by atoms with Crippen molar-refractivity contribution >= 4 is 5.91 Å². The molecule has 0 radical (unpaired) electrons. The fourth-order valence-electron chi connectivity index (χ4n) is 2.19. The van der Waals surface area contributed by atoms with E-state index in [4.69, 9.17) is 10.2 Å². The molecule has 0 aliphatic rings. The molecule has 0 aromatic carbocycles. The number of nitrogens with zero attached hydrogens (tertiary/aromatic N) is 1. The molecule has 0 saturated heterocycles. The molecule has 96 valence electrons. The highest BCUT2D eigenvalue weighted by atomic mass is 16.4. The number of furan rings is 1. The maximum atomic E-state index is 11.0. The molecule has 17 heavy (non-hydrogen) atoms. The minimum Gasteiger partial charge on any atom is -0.454 e. The summed E-state index contributed by atoms with van der Waals surface area (Å²) in [6.07, 6.45) is 0. The average Bonchev–Trinajstić information content (AvgIpc) is 2.64. The number of rotatable bonds is 4. The Balaban J connectivity index is 2.94. The van der Waals surface area contributed by atoms with Crippen molar-refractivity contribution in [2.75, 3.05) is 6.54 Å². The summed E-state index contributed by atoms with van der Waals surface area (Å²) in [4.78, 5) is 13.3. The van der Waals surface area contributed by atoms with Crippen molar-refractivity contribution in [2.45, 2.75) is 46.2 Å². The van der Waals surface area contributed by atoms with E-state index in [1.54, 1.807) is 6.07 Å². The molecule has 1 aromatic heterocycles. The van der Waals surface area contributed by atoms with Gasteiger partial charge in [0.15, 0.2) is 5.76 Å². The second kappa shape index (κ2) is 4.92. The molecule has 1 amide bonds. The molecule has 1 rings (SSSR count). The van der Waals surface area contributed by atoms with Crippen LogP contribution in [0.1, 0.15) is 57.0 Å². The van der Waals surface area contributed by atoms with Gasteiger partial charge in [0.2, 0.25) is 0 Å². The Hall–Kier alpha value is -1.29. The highest BCUT2D eigenvalue weighted by Gasteiger charge is 2.27. The van der Waals surface area contributed by atoms with E-state index in [-0.39, 0.29) is 17.3 Å². The molecule has 0 fully saturated rings. The van der Waals surface area contributed by atoms with Crippen LogP contribution in [0, 0.1) is 0 Å². The average molecular weight is 238 g/mol. The number of hydrogen-bond donors (Lipinski definition) is 1. The Bertz CT molecular complexity index is 390. The molecule has 0 saturated carbocycles. The minimum absolute atomic E-state index is 0.0494. The predicted molar refractivity (Wildman–Crippen MR) is 67.8 cm³/mol. The van der Waals surface area contributed by atoms with Gasteiger partial charge in [-0.15, -0.1) is 0 Å². The zero-order chi connectivity index (χ0) is 13.2. The lowest BCUT2D eigenvalue weighted by atomic mass is 10.0. The molecule has 1 atom stereocenters. The quantitative estimate of drug-likeness (QED) is 0.877.